The van der Waals surface area contributed by atoms with Crippen molar-refractivity contribution in [1.29, 1.82) is 0 Å². The topological polar surface area (TPSA) is 78.5 Å². The highest BCUT2D eigenvalue weighted by molar-refractivity contribution is 8.00. The van der Waals surface area contributed by atoms with Crippen LogP contribution in [0.5, 0.6) is 0 Å². The van der Waals surface area contributed by atoms with Gasteiger partial charge >= 0.3 is 6.03 Å². The van der Waals surface area contributed by atoms with Crippen LogP contribution >= 0.6 is 11.8 Å². The van der Waals surface area contributed by atoms with Gasteiger partial charge in [-0.3, -0.25) is 15.0 Å². The molecule has 3 rings (SSSR count). The van der Waals surface area contributed by atoms with E-state index in [2.05, 4.69) is 10.7 Å². The van der Waals surface area contributed by atoms with Crippen molar-refractivity contribution in [2.75, 3.05) is 5.75 Å². The van der Waals surface area contributed by atoms with Gasteiger partial charge in [-0.2, -0.15) is 5.01 Å². The second-order valence-corrected chi connectivity index (χ2v) is 7.11. The van der Waals surface area contributed by atoms with E-state index in [4.69, 9.17) is 0 Å². The van der Waals surface area contributed by atoms with Crippen molar-refractivity contribution in [3.05, 3.63) is 65.7 Å². The van der Waals surface area contributed by atoms with E-state index in [0.717, 1.165) is 17.8 Å². The van der Waals surface area contributed by atoms with Crippen LogP contribution in [0.3, 0.4) is 0 Å². The first-order valence-corrected chi connectivity index (χ1v) is 9.45. The minimum Gasteiger partial charge on any atom is -0.318 e. The molecule has 0 aromatic heterocycles. The molecule has 28 heavy (non-hydrogen) atoms. The summed E-state index contributed by atoms with van der Waals surface area (Å²) in [4.78, 5) is 37.5. The van der Waals surface area contributed by atoms with E-state index in [1.807, 2.05) is 0 Å². The van der Waals surface area contributed by atoms with Gasteiger partial charge in [-0.15, -0.1) is 11.8 Å². The third-order valence-electron chi connectivity index (χ3n) is 4.38. The smallest absolute Gasteiger partial charge is 0.318 e. The standard InChI is InChI=1S/C19H17F2N3O3S/c1-2-19(12-6-4-3-5-7-12)17(26)24(18(27)22-19)23-16(25)11-28-15-9-8-13(20)10-14(15)21/h3-10H,2,11H2,1H3,(H,22,27)(H,23,25). The van der Waals surface area contributed by atoms with Crippen LogP contribution in [-0.4, -0.2) is 28.6 Å². The molecule has 2 aromatic rings. The molecule has 4 amide bonds. The summed E-state index contributed by atoms with van der Waals surface area (Å²) < 4.78 is 26.6. The summed E-state index contributed by atoms with van der Waals surface area (Å²) >= 11 is 0.828. The quantitative estimate of drug-likeness (QED) is 0.572. The lowest BCUT2D eigenvalue weighted by atomic mass is 9.87. The zero-order chi connectivity index (χ0) is 20.3. The summed E-state index contributed by atoms with van der Waals surface area (Å²) in [6.45, 7) is 1.75. The van der Waals surface area contributed by atoms with Gasteiger partial charge in [0.15, 0.2) is 0 Å². The summed E-state index contributed by atoms with van der Waals surface area (Å²) in [5.74, 6) is -3.04. The molecule has 6 nitrogen and oxygen atoms in total. The number of hydrogen-bond donors (Lipinski definition) is 2. The lowest BCUT2D eigenvalue weighted by Gasteiger charge is -2.25. The molecule has 0 spiro atoms. The Labute approximate surface area is 164 Å². The van der Waals surface area contributed by atoms with Gasteiger partial charge in [-0.05, 0) is 24.1 Å². The number of thioether (sulfide) groups is 1. The molecule has 2 aromatic carbocycles. The first kappa shape index (κ1) is 19.8. The second kappa shape index (κ2) is 7.97. The molecule has 0 bridgehead atoms. The van der Waals surface area contributed by atoms with E-state index in [1.54, 1.807) is 37.3 Å². The highest BCUT2D eigenvalue weighted by atomic mass is 32.2. The fraction of sp³-hybridized carbons (Fsp3) is 0.211. The van der Waals surface area contributed by atoms with Gasteiger partial charge in [0.25, 0.3) is 5.91 Å². The van der Waals surface area contributed by atoms with Gasteiger partial charge in [0.05, 0.1) is 5.75 Å². The lowest BCUT2D eigenvalue weighted by Crippen LogP contribution is -2.49. The van der Waals surface area contributed by atoms with Crippen molar-refractivity contribution in [3.63, 3.8) is 0 Å². The Morgan fingerprint density at radius 2 is 1.89 bits per heavy atom. The maximum atomic E-state index is 13.6. The molecule has 1 atom stereocenters. The van der Waals surface area contributed by atoms with Crippen LogP contribution in [0, 0.1) is 11.6 Å². The fourth-order valence-electron chi connectivity index (χ4n) is 2.93. The van der Waals surface area contributed by atoms with E-state index < -0.39 is 35.0 Å². The average molecular weight is 405 g/mol. The normalized spacial score (nSPS) is 18.9. The summed E-state index contributed by atoms with van der Waals surface area (Å²) in [7, 11) is 0. The molecule has 1 unspecified atom stereocenters. The third kappa shape index (κ3) is 3.70. The van der Waals surface area contributed by atoms with Gasteiger partial charge in [-0.1, -0.05) is 37.3 Å². The summed E-state index contributed by atoms with van der Waals surface area (Å²) in [5, 5.41) is 3.28. The van der Waals surface area contributed by atoms with Crippen molar-refractivity contribution in [1.82, 2.24) is 15.8 Å². The van der Waals surface area contributed by atoms with Crippen LogP contribution in [-0.2, 0) is 15.1 Å². The van der Waals surface area contributed by atoms with Crippen LogP contribution in [0.4, 0.5) is 13.6 Å². The fourth-order valence-corrected chi connectivity index (χ4v) is 3.64. The predicted octanol–water partition coefficient (Wildman–Crippen LogP) is 2.95. The van der Waals surface area contributed by atoms with Crippen molar-refractivity contribution < 1.29 is 23.2 Å². The number of carbonyl (C=O) groups excluding carboxylic acids is 3. The van der Waals surface area contributed by atoms with Gasteiger partial charge in [0.2, 0.25) is 5.91 Å². The molecule has 146 valence electrons. The number of nitrogens with one attached hydrogen (secondary N) is 2. The monoisotopic (exact) mass is 405 g/mol. The largest absolute Gasteiger partial charge is 0.344 e. The lowest BCUT2D eigenvalue weighted by molar-refractivity contribution is -0.138. The third-order valence-corrected chi connectivity index (χ3v) is 5.43. The molecule has 0 aliphatic carbocycles. The molecule has 1 fully saturated rings. The minimum atomic E-state index is -1.26. The van der Waals surface area contributed by atoms with Gasteiger partial charge in [0, 0.05) is 11.0 Å². The number of halogens is 2. The number of hydrazine groups is 1. The molecule has 1 saturated heterocycles. The molecule has 1 aliphatic rings. The number of amides is 4. The molecule has 0 saturated carbocycles. The van der Waals surface area contributed by atoms with Crippen LogP contribution < -0.4 is 10.7 Å². The Hall–Kier alpha value is -2.94. The summed E-state index contributed by atoms with van der Waals surface area (Å²) in [6, 6.07) is 11.0. The first-order chi connectivity index (χ1) is 13.4. The molecular formula is C19H17F2N3O3S. The number of imide groups is 1. The predicted molar refractivity (Wildman–Crippen MR) is 99.0 cm³/mol. The molecule has 9 heteroatoms. The van der Waals surface area contributed by atoms with Crippen molar-refractivity contribution in [2.24, 2.45) is 0 Å². The van der Waals surface area contributed by atoms with Crippen LogP contribution in [0.25, 0.3) is 0 Å². The van der Waals surface area contributed by atoms with E-state index in [1.165, 1.54) is 6.07 Å². The average Bonchev–Trinajstić information content (AvgIpc) is 2.93. The Bertz CT molecular complexity index is 926. The summed E-state index contributed by atoms with van der Waals surface area (Å²) in [5.41, 5.74) is 1.60. The van der Waals surface area contributed by atoms with E-state index in [9.17, 15) is 23.2 Å². The minimum absolute atomic E-state index is 0.0842. The van der Waals surface area contributed by atoms with E-state index in [0.29, 0.717) is 23.1 Å². The molecule has 2 N–H and O–H groups in total. The second-order valence-electron chi connectivity index (χ2n) is 6.09. The number of nitrogens with zero attached hydrogens (tertiary/aromatic N) is 1. The molecule has 1 aliphatic heterocycles. The zero-order valence-electron chi connectivity index (χ0n) is 14.9. The Morgan fingerprint density at radius 1 is 1.18 bits per heavy atom. The van der Waals surface area contributed by atoms with Crippen molar-refractivity contribution in [3.8, 4) is 0 Å². The number of benzene rings is 2. The van der Waals surface area contributed by atoms with Gasteiger partial charge in [-0.25, -0.2) is 13.6 Å². The summed E-state index contributed by atoms with van der Waals surface area (Å²) in [6.07, 6.45) is 0.295. The number of carbonyl (C=O) groups is 3. The van der Waals surface area contributed by atoms with Gasteiger partial charge < -0.3 is 5.32 Å². The van der Waals surface area contributed by atoms with Crippen molar-refractivity contribution >= 4 is 29.6 Å². The van der Waals surface area contributed by atoms with Crippen LogP contribution in [0.15, 0.2) is 53.4 Å². The SMILES string of the molecule is CCC1(c2ccccc2)NC(=O)N(NC(=O)CSc2ccc(F)cc2F)C1=O. The zero-order valence-corrected chi connectivity index (χ0v) is 15.7. The maximum Gasteiger partial charge on any atom is 0.344 e. The van der Waals surface area contributed by atoms with Gasteiger partial charge in [0.1, 0.15) is 17.2 Å². The van der Waals surface area contributed by atoms with E-state index >= 15 is 0 Å². The highest BCUT2D eigenvalue weighted by Gasteiger charge is 2.52. The number of rotatable bonds is 6. The maximum absolute atomic E-state index is 13.6. The first-order valence-electron chi connectivity index (χ1n) is 8.47. The Morgan fingerprint density at radius 3 is 2.54 bits per heavy atom. The van der Waals surface area contributed by atoms with Crippen LogP contribution in [0.1, 0.15) is 18.9 Å². The molecule has 1 heterocycles. The number of urea groups is 1. The molecular weight excluding hydrogens is 388 g/mol. The highest BCUT2D eigenvalue weighted by Crippen LogP contribution is 2.31. The Balaban J connectivity index is 1.69. The van der Waals surface area contributed by atoms with Crippen molar-refractivity contribution in [2.45, 2.75) is 23.8 Å². The van der Waals surface area contributed by atoms with E-state index in [-0.39, 0.29) is 10.6 Å². The Kier molecular flexibility index (Phi) is 5.64. The molecule has 0 radical (unpaired) electrons. The van der Waals surface area contributed by atoms with Crippen LogP contribution in [0.2, 0.25) is 0 Å². The number of hydrogen-bond acceptors (Lipinski definition) is 4.